The van der Waals surface area contributed by atoms with E-state index in [2.05, 4.69) is 14.5 Å². The Hall–Kier alpha value is -4.11. The van der Waals surface area contributed by atoms with Gasteiger partial charge in [0.05, 0.1) is 29.5 Å². The molecule has 2 aromatic carbocycles. The maximum absolute atomic E-state index is 13.2. The van der Waals surface area contributed by atoms with Gasteiger partial charge in [0.25, 0.3) is 10.0 Å². The Morgan fingerprint density at radius 3 is 2.12 bits per heavy atom. The Balaban J connectivity index is 1.91. The highest BCUT2D eigenvalue weighted by Gasteiger charge is 2.22. The van der Waals surface area contributed by atoms with Crippen molar-refractivity contribution in [2.24, 2.45) is 16.4 Å². The second-order valence-corrected chi connectivity index (χ2v) is 9.40. The lowest BCUT2D eigenvalue weighted by atomic mass is 10.0. The van der Waals surface area contributed by atoms with E-state index in [4.69, 9.17) is 4.99 Å². The highest BCUT2D eigenvalue weighted by molar-refractivity contribution is 7.90. The molecule has 34 heavy (non-hydrogen) atoms. The van der Waals surface area contributed by atoms with Crippen molar-refractivity contribution in [1.82, 2.24) is 19.7 Å². The molecule has 172 valence electrons. The van der Waals surface area contributed by atoms with Crippen molar-refractivity contribution >= 4 is 27.8 Å². The third-order valence-electron chi connectivity index (χ3n) is 4.85. The zero-order chi connectivity index (χ0) is 24.1. The average Bonchev–Trinajstić information content (AvgIpc) is 3.28. The number of aromatic nitrogens is 3. The van der Waals surface area contributed by atoms with Crippen LogP contribution in [0.5, 0.6) is 0 Å². The molecule has 0 N–H and O–H groups in total. The van der Waals surface area contributed by atoms with Crippen molar-refractivity contribution in [3.63, 3.8) is 0 Å². The van der Waals surface area contributed by atoms with Crippen molar-refractivity contribution in [2.45, 2.75) is 4.90 Å². The minimum absolute atomic E-state index is 0.0414. The standard InChI is InChI=1S/C25H24N6O2S/c1-30(2)18-28-34(32,33)23-14-22(16-26-25(23)21-15-27-31(3)17-21)29-24(19-10-6-4-7-11-19)20-12-8-5-9-13-20/h4-18H,1-3H3. The molecule has 0 spiro atoms. The highest BCUT2D eigenvalue weighted by atomic mass is 32.2. The normalized spacial score (nSPS) is 11.5. The molecule has 2 aromatic heterocycles. The molecule has 9 heteroatoms. The number of aliphatic imine (C=N–C) groups is 1. The van der Waals surface area contributed by atoms with E-state index in [9.17, 15) is 8.42 Å². The average molecular weight is 473 g/mol. The van der Waals surface area contributed by atoms with Gasteiger partial charge in [0, 0.05) is 44.0 Å². The summed E-state index contributed by atoms with van der Waals surface area (Å²) >= 11 is 0. The van der Waals surface area contributed by atoms with E-state index in [1.54, 1.807) is 49.3 Å². The Kier molecular flexibility index (Phi) is 6.65. The number of hydrogen-bond donors (Lipinski definition) is 0. The van der Waals surface area contributed by atoms with Crippen molar-refractivity contribution in [3.8, 4) is 11.3 Å². The molecule has 0 aliphatic carbocycles. The topological polar surface area (TPSA) is 92.8 Å². The summed E-state index contributed by atoms with van der Waals surface area (Å²) in [4.78, 5) is 10.8. The van der Waals surface area contributed by atoms with E-state index in [0.29, 0.717) is 17.0 Å². The first kappa shape index (κ1) is 23.1. The van der Waals surface area contributed by atoms with Crippen molar-refractivity contribution < 1.29 is 8.42 Å². The molecule has 0 unspecified atom stereocenters. The number of hydrogen-bond acceptors (Lipinski definition) is 5. The first-order valence-corrected chi connectivity index (χ1v) is 11.9. The Morgan fingerprint density at radius 2 is 1.59 bits per heavy atom. The summed E-state index contributed by atoms with van der Waals surface area (Å²) in [7, 11) is 1.10. The van der Waals surface area contributed by atoms with Gasteiger partial charge in [0.15, 0.2) is 0 Å². The van der Waals surface area contributed by atoms with Gasteiger partial charge < -0.3 is 4.90 Å². The van der Waals surface area contributed by atoms with Crippen molar-refractivity contribution in [2.75, 3.05) is 14.1 Å². The highest BCUT2D eigenvalue weighted by Crippen LogP contribution is 2.30. The fourth-order valence-corrected chi connectivity index (χ4v) is 4.39. The molecule has 0 saturated heterocycles. The summed E-state index contributed by atoms with van der Waals surface area (Å²) in [6, 6.07) is 21.0. The zero-order valence-corrected chi connectivity index (χ0v) is 19.9. The summed E-state index contributed by atoms with van der Waals surface area (Å²) < 4.78 is 31.8. The largest absolute Gasteiger partial charge is 0.368 e. The van der Waals surface area contributed by atoms with Gasteiger partial charge in [-0.15, -0.1) is 4.40 Å². The van der Waals surface area contributed by atoms with Crippen molar-refractivity contribution in [1.29, 1.82) is 0 Å². The summed E-state index contributed by atoms with van der Waals surface area (Å²) in [5.41, 5.74) is 3.75. The molecule has 0 atom stereocenters. The van der Waals surface area contributed by atoms with Crippen LogP contribution >= 0.6 is 0 Å². The van der Waals surface area contributed by atoms with Crippen LogP contribution in [0.25, 0.3) is 11.3 Å². The molecular formula is C25H24N6O2S. The van der Waals surface area contributed by atoms with Gasteiger partial charge >= 0.3 is 0 Å². The molecule has 0 radical (unpaired) electrons. The van der Waals surface area contributed by atoms with Crippen LogP contribution in [0.2, 0.25) is 0 Å². The first-order chi connectivity index (χ1) is 16.3. The van der Waals surface area contributed by atoms with E-state index < -0.39 is 10.0 Å². The minimum Gasteiger partial charge on any atom is -0.368 e. The molecule has 4 aromatic rings. The van der Waals surface area contributed by atoms with Gasteiger partial charge in [-0.05, 0) is 6.07 Å². The summed E-state index contributed by atoms with van der Waals surface area (Å²) in [6.45, 7) is 0. The summed E-state index contributed by atoms with van der Waals surface area (Å²) in [5.74, 6) is 0. The molecule has 0 aliphatic heterocycles. The smallest absolute Gasteiger partial charge is 0.285 e. The molecular weight excluding hydrogens is 448 g/mol. The summed E-state index contributed by atoms with van der Waals surface area (Å²) in [6.07, 6.45) is 6.08. The SMILES string of the molecule is CN(C)C=NS(=O)(=O)c1cc(N=C(c2ccccc2)c2ccccc2)cnc1-c1cnn(C)c1. The molecule has 0 saturated carbocycles. The fraction of sp³-hybridized carbons (Fsp3) is 0.120. The lowest BCUT2D eigenvalue weighted by Crippen LogP contribution is -2.11. The van der Waals surface area contributed by atoms with Crippen LogP contribution in [-0.2, 0) is 17.1 Å². The van der Waals surface area contributed by atoms with Crippen LogP contribution < -0.4 is 0 Å². The van der Waals surface area contributed by atoms with Crippen molar-refractivity contribution in [3.05, 3.63) is 96.4 Å². The molecule has 0 amide bonds. The predicted molar refractivity (Wildman–Crippen MR) is 134 cm³/mol. The van der Waals surface area contributed by atoms with Gasteiger partial charge in [-0.2, -0.15) is 13.5 Å². The van der Waals surface area contributed by atoms with Gasteiger partial charge in [0.1, 0.15) is 11.2 Å². The monoisotopic (exact) mass is 472 g/mol. The molecule has 2 heterocycles. The molecule has 8 nitrogen and oxygen atoms in total. The van der Waals surface area contributed by atoms with Gasteiger partial charge in [0.2, 0.25) is 0 Å². The van der Waals surface area contributed by atoms with Crippen LogP contribution in [0.15, 0.2) is 99.6 Å². The second-order valence-electron chi connectivity index (χ2n) is 7.79. The number of benzene rings is 2. The first-order valence-electron chi connectivity index (χ1n) is 10.5. The second kappa shape index (κ2) is 9.80. The van der Waals surface area contributed by atoms with E-state index in [1.807, 2.05) is 60.7 Å². The van der Waals surface area contributed by atoms with Crippen LogP contribution in [-0.4, -0.2) is 54.2 Å². The lowest BCUT2D eigenvalue weighted by molar-refractivity contribution is 0.594. The minimum atomic E-state index is -4.05. The number of sulfonamides is 1. The van der Waals surface area contributed by atoms with E-state index in [-0.39, 0.29) is 10.6 Å². The number of pyridine rings is 1. The zero-order valence-electron chi connectivity index (χ0n) is 19.1. The van der Waals surface area contributed by atoms with Crippen LogP contribution in [0, 0.1) is 0 Å². The molecule has 4 rings (SSSR count). The molecule has 0 fully saturated rings. The van der Waals surface area contributed by atoms with Crippen LogP contribution in [0.1, 0.15) is 11.1 Å². The summed E-state index contributed by atoms with van der Waals surface area (Å²) in [5, 5.41) is 4.15. The Bertz CT molecular complexity index is 1400. The van der Waals surface area contributed by atoms with Gasteiger partial charge in [-0.3, -0.25) is 9.67 Å². The maximum Gasteiger partial charge on any atom is 0.285 e. The number of aryl methyl sites for hydroxylation is 1. The van der Waals surface area contributed by atoms with Crippen LogP contribution in [0.3, 0.4) is 0 Å². The predicted octanol–water partition coefficient (Wildman–Crippen LogP) is 3.93. The number of rotatable bonds is 7. The number of nitrogens with zero attached hydrogens (tertiary/aromatic N) is 6. The Labute approximate surface area is 199 Å². The quantitative estimate of drug-likeness (QED) is 0.300. The van der Waals surface area contributed by atoms with Gasteiger partial charge in [-0.25, -0.2) is 4.99 Å². The van der Waals surface area contributed by atoms with E-state index >= 15 is 0 Å². The van der Waals surface area contributed by atoms with Gasteiger partial charge in [-0.1, -0.05) is 60.7 Å². The third kappa shape index (κ3) is 5.26. The lowest BCUT2D eigenvalue weighted by Gasteiger charge is -2.10. The van der Waals surface area contributed by atoms with Crippen LogP contribution in [0.4, 0.5) is 5.69 Å². The van der Waals surface area contributed by atoms with E-state index in [1.165, 1.54) is 12.4 Å². The maximum atomic E-state index is 13.2. The molecule has 0 aliphatic rings. The van der Waals surface area contributed by atoms with E-state index in [0.717, 1.165) is 11.1 Å². The fourth-order valence-electron chi connectivity index (χ4n) is 3.28. The Morgan fingerprint density at radius 1 is 0.971 bits per heavy atom. The third-order valence-corrected chi connectivity index (χ3v) is 6.09. The molecule has 0 bridgehead atoms.